The fourth-order valence-electron chi connectivity index (χ4n) is 1.43. The standard InChI is InChI=1S/C13H7BrClIN2/c14-11-6-10(3-1-8(11)7-17)18-13-4-2-9(15)5-12(13)16/h1-6,18H. The highest BCUT2D eigenvalue weighted by atomic mass is 127. The fourth-order valence-corrected chi connectivity index (χ4v) is 2.90. The lowest BCUT2D eigenvalue weighted by atomic mass is 10.2. The van der Waals surface area contributed by atoms with Crippen LogP contribution in [0.5, 0.6) is 0 Å². The summed E-state index contributed by atoms with van der Waals surface area (Å²) in [6, 6.07) is 13.3. The number of benzene rings is 2. The van der Waals surface area contributed by atoms with Crippen molar-refractivity contribution in [3.63, 3.8) is 0 Å². The number of hydrogen-bond acceptors (Lipinski definition) is 2. The Morgan fingerprint density at radius 1 is 1.22 bits per heavy atom. The molecule has 0 aliphatic heterocycles. The van der Waals surface area contributed by atoms with E-state index < -0.39 is 0 Å². The van der Waals surface area contributed by atoms with E-state index in [1.165, 1.54) is 0 Å². The second-order valence-electron chi connectivity index (χ2n) is 3.56. The van der Waals surface area contributed by atoms with Crippen LogP contribution in [0.3, 0.4) is 0 Å². The van der Waals surface area contributed by atoms with Crippen molar-refractivity contribution in [2.24, 2.45) is 0 Å². The van der Waals surface area contributed by atoms with Gasteiger partial charge in [0.05, 0.1) is 11.3 Å². The molecule has 90 valence electrons. The van der Waals surface area contributed by atoms with Gasteiger partial charge in [0.1, 0.15) is 6.07 Å². The summed E-state index contributed by atoms with van der Waals surface area (Å²) in [7, 11) is 0. The van der Waals surface area contributed by atoms with E-state index in [2.05, 4.69) is 49.9 Å². The minimum Gasteiger partial charge on any atom is -0.355 e. The molecular weight excluding hydrogens is 426 g/mol. The summed E-state index contributed by atoms with van der Waals surface area (Å²) in [5, 5.41) is 12.9. The topological polar surface area (TPSA) is 35.8 Å². The maximum atomic E-state index is 8.86. The molecule has 2 aromatic carbocycles. The van der Waals surface area contributed by atoms with Crippen LogP contribution in [0.2, 0.25) is 5.02 Å². The summed E-state index contributed by atoms with van der Waals surface area (Å²) in [6.45, 7) is 0. The molecule has 2 nitrogen and oxygen atoms in total. The van der Waals surface area contributed by atoms with Crippen molar-refractivity contribution < 1.29 is 0 Å². The molecule has 18 heavy (non-hydrogen) atoms. The van der Waals surface area contributed by atoms with E-state index in [-0.39, 0.29) is 0 Å². The molecule has 0 heterocycles. The Morgan fingerprint density at radius 3 is 2.61 bits per heavy atom. The first-order valence-electron chi connectivity index (χ1n) is 5.02. The van der Waals surface area contributed by atoms with Crippen molar-refractivity contribution in [3.05, 3.63) is 55.0 Å². The molecule has 0 aromatic heterocycles. The molecular formula is C13H7BrClIN2. The van der Waals surface area contributed by atoms with Gasteiger partial charge in [-0.2, -0.15) is 5.26 Å². The Bertz CT molecular complexity index is 637. The molecule has 0 atom stereocenters. The van der Waals surface area contributed by atoms with Crippen LogP contribution in [0.4, 0.5) is 11.4 Å². The minimum absolute atomic E-state index is 0.617. The summed E-state index contributed by atoms with van der Waals surface area (Å²) in [4.78, 5) is 0. The van der Waals surface area contributed by atoms with Gasteiger partial charge in [-0.15, -0.1) is 0 Å². The van der Waals surface area contributed by atoms with Crippen molar-refractivity contribution in [2.45, 2.75) is 0 Å². The molecule has 1 N–H and O–H groups in total. The van der Waals surface area contributed by atoms with Crippen molar-refractivity contribution >= 4 is 61.5 Å². The van der Waals surface area contributed by atoms with Gasteiger partial charge in [0.15, 0.2) is 0 Å². The van der Waals surface area contributed by atoms with E-state index in [0.717, 1.165) is 19.4 Å². The first kappa shape index (κ1) is 13.7. The third-order valence-electron chi connectivity index (χ3n) is 2.30. The van der Waals surface area contributed by atoms with E-state index >= 15 is 0 Å². The van der Waals surface area contributed by atoms with Gasteiger partial charge in [0.2, 0.25) is 0 Å². The molecule has 0 fully saturated rings. The predicted molar refractivity (Wildman–Crippen MR) is 86.3 cm³/mol. The minimum atomic E-state index is 0.617. The second kappa shape index (κ2) is 5.91. The smallest absolute Gasteiger partial charge is 0.100 e. The number of nitrogens with one attached hydrogen (secondary N) is 1. The van der Waals surface area contributed by atoms with Crippen LogP contribution in [0, 0.1) is 14.9 Å². The van der Waals surface area contributed by atoms with Crippen molar-refractivity contribution in [3.8, 4) is 6.07 Å². The molecule has 0 unspecified atom stereocenters. The first-order valence-corrected chi connectivity index (χ1v) is 7.27. The highest BCUT2D eigenvalue weighted by Crippen LogP contribution is 2.27. The molecule has 5 heteroatoms. The number of nitrogens with zero attached hydrogens (tertiary/aromatic N) is 1. The largest absolute Gasteiger partial charge is 0.355 e. The zero-order chi connectivity index (χ0) is 13.1. The van der Waals surface area contributed by atoms with E-state index in [1.54, 1.807) is 6.07 Å². The molecule has 0 aliphatic carbocycles. The third-order valence-corrected chi connectivity index (χ3v) is 4.08. The van der Waals surface area contributed by atoms with Crippen molar-refractivity contribution in [2.75, 3.05) is 5.32 Å². The van der Waals surface area contributed by atoms with Gasteiger partial charge in [0.25, 0.3) is 0 Å². The predicted octanol–water partition coefficient (Wildman–Crippen LogP) is 5.32. The quantitative estimate of drug-likeness (QED) is 0.651. The number of halogens is 3. The van der Waals surface area contributed by atoms with Crippen LogP contribution in [0.25, 0.3) is 0 Å². The molecule has 2 rings (SSSR count). The Kier molecular flexibility index (Phi) is 4.49. The molecule has 0 saturated heterocycles. The maximum absolute atomic E-state index is 8.86. The summed E-state index contributed by atoms with van der Waals surface area (Å²) in [6.07, 6.45) is 0. The second-order valence-corrected chi connectivity index (χ2v) is 6.01. The Morgan fingerprint density at radius 2 is 2.00 bits per heavy atom. The van der Waals surface area contributed by atoms with Gasteiger partial charge in [-0.1, -0.05) is 11.6 Å². The summed E-state index contributed by atoms with van der Waals surface area (Å²) in [5.74, 6) is 0. The molecule has 0 bridgehead atoms. The third kappa shape index (κ3) is 3.16. The number of anilines is 2. The molecule has 0 spiro atoms. The first-order chi connectivity index (χ1) is 8.60. The summed E-state index contributed by atoms with van der Waals surface area (Å²) < 4.78 is 1.82. The van der Waals surface area contributed by atoms with Gasteiger partial charge in [-0.3, -0.25) is 0 Å². The average molecular weight is 433 g/mol. The van der Waals surface area contributed by atoms with E-state index in [4.69, 9.17) is 16.9 Å². The normalized spacial score (nSPS) is 9.89. The monoisotopic (exact) mass is 432 g/mol. The van der Waals surface area contributed by atoms with Crippen LogP contribution in [0.15, 0.2) is 40.9 Å². The van der Waals surface area contributed by atoms with E-state index in [9.17, 15) is 0 Å². The van der Waals surface area contributed by atoms with Crippen LogP contribution in [-0.4, -0.2) is 0 Å². The molecule has 0 amide bonds. The zero-order valence-electron chi connectivity index (χ0n) is 9.05. The van der Waals surface area contributed by atoms with Crippen LogP contribution in [-0.2, 0) is 0 Å². The summed E-state index contributed by atoms with van der Waals surface area (Å²) in [5.41, 5.74) is 2.52. The lowest BCUT2D eigenvalue weighted by molar-refractivity contribution is 1.45. The maximum Gasteiger partial charge on any atom is 0.100 e. The van der Waals surface area contributed by atoms with Gasteiger partial charge in [0, 0.05) is 18.8 Å². The lowest BCUT2D eigenvalue weighted by Crippen LogP contribution is -1.93. The van der Waals surface area contributed by atoms with Crippen molar-refractivity contribution in [1.29, 1.82) is 5.26 Å². The SMILES string of the molecule is N#Cc1ccc(Nc2ccc(Cl)cc2I)cc1Br. The molecule has 2 aromatic rings. The highest BCUT2D eigenvalue weighted by molar-refractivity contribution is 14.1. The molecule has 0 saturated carbocycles. The van der Waals surface area contributed by atoms with Gasteiger partial charge in [-0.05, 0) is 74.9 Å². The van der Waals surface area contributed by atoms with Crippen molar-refractivity contribution in [1.82, 2.24) is 0 Å². The van der Waals surface area contributed by atoms with Crippen LogP contribution >= 0.6 is 50.1 Å². The average Bonchev–Trinajstić information content (AvgIpc) is 2.33. The Balaban J connectivity index is 2.29. The zero-order valence-corrected chi connectivity index (χ0v) is 13.5. The number of hydrogen-bond donors (Lipinski definition) is 1. The lowest BCUT2D eigenvalue weighted by Gasteiger charge is -2.09. The number of nitriles is 1. The van der Waals surface area contributed by atoms with E-state index in [0.29, 0.717) is 10.6 Å². The summed E-state index contributed by atoms with van der Waals surface area (Å²) >= 11 is 11.5. The fraction of sp³-hybridized carbons (Fsp3) is 0. The van der Waals surface area contributed by atoms with E-state index in [1.807, 2.05) is 30.3 Å². The highest BCUT2D eigenvalue weighted by Gasteiger charge is 2.04. The van der Waals surface area contributed by atoms with Crippen LogP contribution < -0.4 is 5.32 Å². The molecule has 0 radical (unpaired) electrons. The van der Waals surface area contributed by atoms with Gasteiger partial charge >= 0.3 is 0 Å². The molecule has 0 aliphatic rings. The van der Waals surface area contributed by atoms with Gasteiger partial charge < -0.3 is 5.32 Å². The Labute approximate surface area is 132 Å². The number of rotatable bonds is 2. The Hall–Kier alpha value is -0.770. The van der Waals surface area contributed by atoms with Gasteiger partial charge in [-0.25, -0.2) is 0 Å². The van der Waals surface area contributed by atoms with Crippen LogP contribution in [0.1, 0.15) is 5.56 Å².